The molecule has 1 fully saturated rings. The smallest absolute Gasteiger partial charge is 0.165 e. The number of nitrogens with zero attached hydrogens (tertiary/aromatic N) is 4. The van der Waals surface area contributed by atoms with Crippen molar-refractivity contribution in [3.05, 3.63) is 28.6 Å². The summed E-state index contributed by atoms with van der Waals surface area (Å²) in [6.45, 7) is 3.23. The van der Waals surface area contributed by atoms with E-state index < -0.39 is 0 Å². The van der Waals surface area contributed by atoms with E-state index in [1.807, 2.05) is 22.8 Å². The summed E-state index contributed by atoms with van der Waals surface area (Å²) in [5.41, 5.74) is 0.911. The highest BCUT2D eigenvalue weighted by molar-refractivity contribution is 9.10. The molecule has 0 atom stereocenters. The minimum atomic E-state index is 0.874. The zero-order valence-electron chi connectivity index (χ0n) is 10.3. The van der Waals surface area contributed by atoms with Crippen LogP contribution in [0, 0.1) is 0 Å². The van der Waals surface area contributed by atoms with Crippen LogP contribution in [0.3, 0.4) is 0 Å². The third-order valence-corrected chi connectivity index (χ3v) is 3.90. The maximum absolute atomic E-state index is 4.58. The summed E-state index contributed by atoms with van der Waals surface area (Å²) >= 11 is 3.46. The fraction of sp³-hybridized carbons (Fsp3) is 0.538. The van der Waals surface area contributed by atoms with Crippen LogP contribution in [0.5, 0.6) is 0 Å². The first-order valence-electron chi connectivity index (χ1n) is 6.54. The summed E-state index contributed by atoms with van der Waals surface area (Å²) in [7, 11) is 0. The minimum absolute atomic E-state index is 0.874. The first-order valence-corrected chi connectivity index (χ1v) is 7.34. The predicted molar refractivity (Wildman–Crippen MR) is 74.4 cm³/mol. The Morgan fingerprint density at radius 3 is 2.72 bits per heavy atom. The molecular weight excluding hydrogens is 292 g/mol. The first-order chi connectivity index (χ1) is 8.81. The zero-order chi connectivity index (χ0) is 12.4. The molecule has 3 rings (SSSR count). The summed E-state index contributed by atoms with van der Waals surface area (Å²) in [5.74, 6) is 0.926. The summed E-state index contributed by atoms with van der Waals surface area (Å²) in [5, 5.41) is 4.52. The highest BCUT2D eigenvalue weighted by Gasteiger charge is 2.12. The van der Waals surface area contributed by atoms with Crippen LogP contribution >= 0.6 is 15.9 Å². The van der Waals surface area contributed by atoms with E-state index in [2.05, 4.69) is 30.9 Å². The van der Waals surface area contributed by atoms with Crippen molar-refractivity contribution in [2.24, 2.45) is 0 Å². The second kappa shape index (κ2) is 5.36. The molecule has 0 aromatic carbocycles. The van der Waals surface area contributed by atoms with Gasteiger partial charge >= 0.3 is 0 Å². The van der Waals surface area contributed by atoms with Gasteiger partial charge < -0.3 is 0 Å². The lowest BCUT2D eigenvalue weighted by Crippen LogP contribution is -2.24. The lowest BCUT2D eigenvalue weighted by atomic mass is 10.2. The standard InChI is InChI=1S/C13H17BrN4/c14-11-5-8-18-13(9-11)15-12(16-18)10-17-6-3-1-2-4-7-17/h5,8-9H,1-4,6-7,10H2. The number of hydrogen-bond donors (Lipinski definition) is 0. The van der Waals surface area contributed by atoms with Crippen LogP contribution in [-0.2, 0) is 6.54 Å². The van der Waals surface area contributed by atoms with Gasteiger partial charge in [0, 0.05) is 10.7 Å². The topological polar surface area (TPSA) is 33.4 Å². The van der Waals surface area contributed by atoms with Crippen LogP contribution in [0.2, 0.25) is 0 Å². The number of halogens is 1. The Kier molecular flexibility index (Phi) is 3.61. The fourth-order valence-corrected chi connectivity index (χ4v) is 2.79. The van der Waals surface area contributed by atoms with E-state index in [1.54, 1.807) is 0 Å². The lowest BCUT2D eigenvalue weighted by Gasteiger charge is -2.17. The minimum Gasteiger partial charge on any atom is -0.296 e. The Morgan fingerprint density at radius 1 is 1.17 bits per heavy atom. The molecule has 0 radical (unpaired) electrons. The Hall–Kier alpha value is -0.940. The van der Waals surface area contributed by atoms with Gasteiger partial charge in [-0.25, -0.2) is 9.50 Å². The molecular formula is C13H17BrN4. The average molecular weight is 309 g/mol. The summed E-state index contributed by atoms with van der Waals surface area (Å²) < 4.78 is 2.89. The number of fused-ring (bicyclic) bond motifs is 1. The van der Waals surface area contributed by atoms with Gasteiger partial charge in [-0.15, -0.1) is 5.10 Å². The van der Waals surface area contributed by atoms with E-state index in [4.69, 9.17) is 0 Å². The summed E-state index contributed by atoms with van der Waals surface area (Å²) in [6, 6.07) is 3.98. The first kappa shape index (κ1) is 12.1. The molecule has 0 aliphatic carbocycles. The van der Waals surface area contributed by atoms with Gasteiger partial charge in [0.25, 0.3) is 0 Å². The van der Waals surface area contributed by atoms with Crippen molar-refractivity contribution in [1.29, 1.82) is 0 Å². The van der Waals surface area contributed by atoms with Crippen molar-refractivity contribution in [3.8, 4) is 0 Å². The van der Waals surface area contributed by atoms with E-state index in [-0.39, 0.29) is 0 Å². The SMILES string of the molecule is Brc1ccn2nc(CN3CCCCCC3)nc2c1. The fourth-order valence-electron chi connectivity index (χ4n) is 2.46. The van der Waals surface area contributed by atoms with Gasteiger partial charge in [0.15, 0.2) is 11.5 Å². The molecule has 1 aliphatic heterocycles. The van der Waals surface area contributed by atoms with Crippen molar-refractivity contribution in [2.45, 2.75) is 32.2 Å². The number of pyridine rings is 1. The number of aromatic nitrogens is 3. The number of likely N-dealkylation sites (tertiary alicyclic amines) is 1. The van der Waals surface area contributed by atoms with E-state index in [9.17, 15) is 0 Å². The summed E-state index contributed by atoms with van der Waals surface area (Å²) in [6.07, 6.45) is 7.28. The van der Waals surface area contributed by atoms with Gasteiger partial charge in [0.05, 0.1) is 6.54 Å². The van der Waals surface area contributed by atoms with Crippen molar-refractivity contribution in [1.82, 2.24) is 19.5 Å². The second-order valence-electron chi connectivity index (χ2n) is 4.87. The molecule has 96 valence electrons. The van der Waals surface area contributed by atoms with Crippen LogP contribution in [0.25, 0.3) is 5.65 Å². The van der Waals surface area contributed by atoms with Gasteiger partial charge in [-0.2, -0.15) is 0 Å². The molecule has 1 saturated heterocycles. The van der Waals surface area contributed by atoms with Crippen LogP contribution in [0.15, 0.2) is 22.8 Å². The van der Waals surface area contributed by atoms with Gasteiger partial charge in [-0.05, 0) is 38.1 Å². The molecule has 0 unspecified atom stereocenters. The molecule has 0 spiro atoms. The Bertz CT molecular complexity index is 529. The number of hydrogen-bond acceptors (Lipinski definition) is 3. The van der Waals surface area contributed by atoms with E-state index in [0.29, 0.717) is 0 Å². The third-order valence-electron chi connectivity index (χ3n) is 3.41. The molecule has 0 amide bonds. The van der Waals surface area contributed by atoms with Crippen molar-refractivity contribution < 1.29 is 0 Å². The molecule has 5 heteroatoms. The molecule has 0 bridgehead atoms. The number of rotatable bonds is 2. The normalized spacial score (nSPS) is 18.1. The van der Waals surface area contributed by atoms with E-state index in [1.165, 1.54) is 38.8 Å². The highest BCUT2D eigenvalue weighted by atomic mass is 79.9. The van der Waals surface area contributed by atoms with Gasteiger partial charge in [-0.3, -0.25) is 4.90 Å². The van der Waals surface area contributed by atoms with Crippen LogP contribution in [0.1, 0.15) is 31.5 Å². The molecule has 0 N–H and O–H groups in total. The molecule has 4 nitrogen and oxygen atoms in total. The zero-order valence-corrected chi connectivity index (χ0v) is 11.9. The monoisotopic (exact) mass is 308 g/mol. The van der Waals surface area contributed by atoms with Crippen LogP contribution in [-0.4, -0.2) is 32.6 Å². The molecule has 3 heterocycles. The van der Waals surface area contributed by atoms with Crippen molar-refractivity contribution in [3.63, 3.8) is 0 Å². The van der Waals surface area contributed by atoms with Gasteiger partial charge in [0.1, 0.15) is 0 Å². The van der Waals surface area contributed by atoms with E-state index in [0.717, 1.165) is 22.5 Å². The molecule has 2 aromatic rings. The van der Waals surface area contributed by atoms with Crippen LogP contribution in [0.4, 0.5) is 0 Å². The molecule has 18 heavy (non-hydrogen) atoms. The molecule has 1 aliphatic rings. The quantitative estimate of drug-likeness (QED) is 0.855. The molecule has 0 saturated carbocycles. The lowest BCUT2D eigenvalue weighted by molar-refractivity contribution is 0.270. The van der Waals surface area contributed by atoms with Gasteiger partial charge in [0.2, 0.25) is 0 Å². The maximum atomic E-state index is 4.58. The largest absolute Gasteiger partial charge is 0.296 e. The van der Waals surface area contributed by atoms with E-state index >= 15 is 0 Å². The molecule has 2 aromatic heterocycles. The predicted octanol–water partition coefficient (Wildman–Crippen LogP) is 2.87. The van der Waals surface area contributed by atoms with Crippen LogP contribution < -0.4 is 0 Å². The highest BCUT2D eigenvalue weighted by Crippen LogP contribution is 2.14. The Morgan fingerprint density at radius 2 is 1.94 bits per heavy atom. The van der Waals surface area contributed by atoms with Crippen molar-refractivity contribution >= 4 is 21.6 Å². The average Bonchev–Trinajstić information content (AvgIpc) is 2.57. The third kappa shape index (κ3) is 2.72. The second-order valence-corrected chi connectivity index (χ2v) is 5.78. The van der Waals surface area contributed by atoms with Crippen molar-refractivity contribution in [2.75, 3.05) is 13.1 Å². The van der Waals surface area contributed by atoms with Gasteiger partial charge in [-0.1, -0.05) is 28.8 Å². The Labute approximate surface area is 115 Å². The summed E-state index contributed by atoms with van der Waals surface area (Å²) in [4.78, 5) is 7.05. The Balaban J connectivity index is 1.77. The maximum Gasteiger partial charge on any atom is 0.165 e.